The van der Waals surface area contributed by atoms with Gasteiger partial charge < -0.3 is 25.7 Å². The Bertz CT molecular complexity index is 129. The van der Waals surface area contributed by atoms with Crippen molar-refractivity contribution < 1.29 is 51.8 Å². The van der Waals surface area contributed by atoms with E-state index in [9.17, 15) is 4.79 Å². The van der Waals surface area contributed by atoms with Gasteiger partial charge in [-0.25, -0.2) is 0 Å². The SMILES string of the molecule is C.C.CC([NH-])=O.COCOC([NH-])=O.[Y]. The van der Waals surface area contributed by atoms with E-state index in [1.807, 2.05) is 0 Å². The molecule has 7 heteroatoms. The Hall–Kier alpha value is -0.196. The third-order valence-corrected chi connectivity index (χ3v) is 0.308. The molecule has 0 aliphatic carbocycles. The molecule has 0 heterocycles. The summed E-state index contributed by atoms with van der Waals surface area (Å²) in [6.45, 7) is 1.06. The number of amides is 2. The molecule has 14 heavy (non-hydrogen) atoms. The van der Waals surface area contributed by atoms with Crippen LogP contribution in [0.3, 0.4) is 0 Å². The molecule has 2 N–H and O–H groups in total. The molecule has 0 spiro atoms. The maximum absolute atomic E-state index is 9.57. The molecular weight excluding hydrogens is 265 g/mol. The molecule has 0 saturated carbocycles. The third-order valence-electron chi connectivity index (χ3n) is 0.308. The van der Waals surface area contributed by atoms with Crippen LogP contribution in [0.4, 0.5) is 4.79 Å². The number of rotatable bonds is 2. The second kappa shape index (κ2) is 23.0. The number of methoxy groups -OCH3 is 1. The van der Waals surface area contributed by atoms with Gasteiger partial charge in [-0.3, -0.25) is 4.79 Å². The zero-order valence-electron chi connectivity index (χ0n) is 6.92. The van der Waals surface area contributed by atoms with E-state index in [4.69, 9.17) is 16.3 Å². The van der Waals surface area contributed by atoms with Crippen molar-refractivity contribution in [3.05, 3.63) is 11.5 Å². The van der Waals surface area contributed by atoms with Crippen LogP contribution in [-0.4, -0.2) is 25.9 Å². The van der Waals surface area contributed by atoms with Gasteiger partial charge in [0.05, 0.1) is 0 Å². The van der Waals surface area contributed by atoms with Gasteiger partial charge in [-0.15, -0.1) is 0 Å². The predicted octanol–water partition coefficient (Wildman–Crippen LogP) is 2.63. The van der Waals surface area contributed by atoms with Crippen LogP contribution in [0.25, 0.3) is 11.5 Å². The maximum Gasteiger partial charge on any atom is 0.229 e. The first-order valence-electron chi connectivity index (χ1n) is 2.60. The van der Waals surface area contributed by atoms with Crippen molar-refractivity contribution in [2.45, 2.75) is 21.8 Å². The van der Waals surface area contributed by atoms with Gasteiger partial charge in [0.2, 0.25) is 6.09 Å². The summed E-state index contributed by atoms with van der Waals surface area (Å²) in [6, 6.07) is 0. The zero-order chi connectivity index (χ0) is 9.28. The molecular formula is C7H18N2O4Y-2. The second-order valence-corrected chi connectivity index (χ2v) is 1.39. The third kappa shape index (κ3) is 95.2. The smallest absolute Gasteiger partial charge is 0.229 e. The monoisotopic (exact) mass is 283 g/mol. The number of hydrogen-bond acceptors (Lipinski definition) is 4. The van der Waals surface area contributed by atoms with Crippen LogP contribution in [0.15, 0.2) is 0 Å². The molecule has 0 bridgehead atoms. The number of nitrogens with one attached hydrogen (secondary N) is 2. The summed E-state index contributed by atoms with van der Waals surface area (Å²) in [7, 11) is 1.38. The number of ether oxygens (including phenoxy) is 2. The van der Waals surface area contributed by atoms with Gasteiger partial charge in [-0.05, 0) is 6.92 Å². The Labute approximate surface area is 111 Å². The summed E-state index contributed by atoms with van der Waals surface area (Å²) >= 11 is 0. The standard InChI is InChI=1S/C3H7NO3.C2H5NO.2CH4.Y/c1-6-2-7-3(4)5;1-2(3)4;;;/h2H2,1H3,(H2,4,5);1H3,(H2,3,4);2*1H4;/p-2. The van der Waals surface area contributed by atoms with Gasteiger partial charge in [-0.1, -0.05) is 14.9 Å². The fraction of sp³-hybridized carbons (Fsp3) is 0.714. The topological polar surface area (TPSA) is 100 Å². The van der Waals surface area contributed by atoms with E-state index in [1.54, 1.807) is 0 Å². The minimum Gasteiger partial charge on any atom is -0.668 e. The summed E-state index contributed by atoms with van der Waals surface area (Å²) in [5, 5.41) is 0. The molecule has 1 radical (unpaired) electrons. The van der Waals surface area contributed by atoms with Crippen molar-refractivity contribution in [2.24, 2.45) is 0 Å². The normalized spacial score (nSPS) is 5.86. The largest absolute Gasteiger partial charge is 0.668 e. The van der Waals surface area contributed by atoms with Gasteiger partial charge in [0.15, 0.2) is 6.79 Å². The summed E-state index contributed by atoms with van der Waals surface area (Å²) in [6.07, 6.45) is -1.07. The van der Waals surface area contributed by atoms with Crippen molar-refractivity contribution in [1.82, 2.24) is 0 Å². The molecule has 6 nitrogen and oxygen atoms in total. The van der Waals surface area contributed by atoms with Crippen LogP contribution in [-0.2, 0) is 47.0 Å². The molecule has 0 aliphatic heterocycles. The summed E-state index contributed by atoms with van der Waals surface area (Å²) < 4.78 is 8.29. The van der Waals surface area contributed by atoms with E-state index in [2.05, 4.69) is 9.47 Å². The van der Waals surface area contributed by atoms with Crippen LogP contribution in [0.5, 0.6) is 0 Å². The molecule has 0 aromatic heterocycles. The van der Waals surface area contributed by atoms with Crippen LogP contribution < -0.4 is 0 Å². The second-order valence-electron chi connectivity index (χ2n) is 1.39. The first kappa shape index (κ1) is 29.2. The van der Waals surface area contributed by atoms with Crippen molar-refractivity contribution in [1.29, 1.82) is 0 Å². The summed E-state index contributed by atoms with van der Waals surface area (Å²) in [5.74, 6) is -0.583. The van der Waals surface area contributed by atoms with E-state index in [0.717, 1.165) is 0 Å². The predicted molar refractivity (Wildman–Crippen MR) is 51.1 cm³/mol. The average Bonchev–Trinajstić information content (AvgIpc) is 1.82. The Balaban J connectivity index is -0.0000000347. The van der Waals surface area contributed by atoms with Crippen molar-refractivity contribution in [2.75, 3.05) is 13.9 Å². The van der Waals surface area contributed by atoms with E-state index >= 15 is 0 Å². The fourth-order valence-corrected chi connectivity index (χ4v) is 0.112. The van der Waals surface area contributed by atoms with Gasteiger partial charge in [0.1, 0.15) is 0 Å². The Morgan fingerprint density at radius 3 is 1.57 bits per heavy atom. The summed E-state index contributed by atoms with van der Waals surface area (Å²) in [4.78, 5) is 18.7. The quantitative estimate of drug-likeness (QED) is 0.727. The van der Waals surface area contributed by atoms with Crippen molar-refractivity contribution >= 4 is 12.0 Å². The van der Waals surface area contributed by atoms with Crippen LogP contribution >= 0.6 is 0 Å². The van der Waals surface area contributed by atoms with E-state index in [-0.39, 0.29) is 54.4 Å². The average molecular weight is 283 g/mol. The van der Waals surface area contributed by atoms with Gasteiger partial charge in [-0.2, -0.15) is 0 Å². The van der Waals surface area contributed by atoms with Crippen molar-refractivity contribution in [3.63, 3.8) is 0 Å². The first-order valence-corrected chi connectivity index (χ1v) is 2.60. The number of carbonyl (C=O) groups excluding carboxylic acids is 2. The Kier molecular flexibility index (Phi) is 48.0. The molecule has 0 rings (SSSR count). The van der Waals surface area contributed by atoms with E-state index in [0.29, 0.717) is 0 Å². The zero-order valence-corrected chi connectivity index (χ0v) is 9.76. The molecule has 0 aromatic rings. The number of hydrogen-bond donors (Lipinski definition) is 0. The molecule has 85 valence electrons. The van der Waals surface area contributed by atoms with Crippen LogP contribution in [0.2, 0.25) is 0 Å². The van der Waals surface area contributed by atoms with Gasteiger partial charge in [0.25, 0.3) is 0 Å². The Morgan fingerprint density at radius 2 is 1.50 bits per heavy atom. The Morgan fingerprint density at radius 1 is 1.21 bits per heavy atom. The molecule has 2 amide bonds. The van der Waals surface area contributed by atoms with E-state index in [1.165, 1.54) is 14.0 Å². The van der Waals surface area contributed by atoms with Gasteiger partial charge in [0, 0.05) is 45.7 Å². The maximum atomic E-state index is 9.57. The molecule has 0 saturated heterocycles. The van der Waals surface area contributed by atoms with Gasteiger partial charge >= 0.3 is 0 Å². The minimum atomic E-state index is -1.07. The molecule has 0 unspecified atom stereocenters. The molecule has 0 atom stereocenters. The molecule has 0 aliphatic rings. The van der Waals surface area contributed by atoms with Crippen LogP contribution in [0, 0.1) is 0 Å². The van der Waals surface area contributed by atoms with Crippen molar-refractivity contribution in [3.8, 4) is 0 Å². The number of carbonyl (C=O) groups is 2. The van der Waals surface area contributed by atoms with E-state index < -0.39 is 12.0 Å². The first-order chi connectivity index (χ1) is 5.00. The fourth-order valence-electron chi connectivity index (χ4n) is 0.112. The van der Waals surface area contributed by atoms with Crippen LogP contribution in [0.1, 0.15) is 21.8 Å². The molecule has 0 fully saturated rings. The molecule has 0 aromatic carbocycles. The minimum absolute atomic E-state index is 0. The summed E-state index contributed by atoms with van der Waals surface area (Å²) in [5.41, 5.74) is 12.1.